The molecule has 4 rings (SSSR count). The highest BCUT2D eigenvalue weighted by Crippen LogP contribution is 2.32. The fraction of sp³-hybridized carbons (Fsp3) is 0.381. The molecule has 1 atom stereocenters. The largest absolute Gasteiger partial charge is 0.349 e. The first-order valence-corrected chi connectivity index (χ1v) is 10.5. The third kappa shape index (κ3) is 3.86. The number of hydrogen-bond acceptors (Lipinski definition) is 5. The molecule has 0 radical (unpaired) electrons. The second-order valence-electron chi connectivity index (χ2n) is 7.36. The Balaban J connectivity index is 1.63. The van der Waals surface area contributed by atoms with Crippen LogP contribution in [-0.2, 0) is 24.3 Å². The van der Waals surface area contributed by atoms with Gasteiger partial charge in [0.2, 0.25) is 5.91 Å². The zero-order chi connectivity index (χ0) is 19.5. The molecule has 1 N–H and O–H groups in total. The van der Waals surface area contributed by atoms with Crippen LogP contribution in [0, 0.1) is 0 Å². The SMILES string of the molecule is CC(C)n1cnc2c1C(C(=O)NCc1cccs1)N(Cc1cccnc1)CC2. The van der Waals surface area contributed by atoms with Crippen LogP contribution < -0.4 is 5.32 Å². The minimum absolute atomic E-state index is 0.0284. The Morgan fingerprint density at radius 1 is 1.36 bits per heavy atom. The van der Waals surface area contributed by atoms with Crippen molar-refractivity contribution in [2.75, 3.05) is 6.54 Å². The van der Waals surface area contributed by atoms with Crippen molar-refractivity contribution >= 4 is 17.2 Å². The Bertz CT molecular complexity index is 920. The molecule has 6 nitrogen and oxygen atoms in total. The molecule has 0 aliphatic carbocycles. The number of hydrogen-bond donors (Lipinski definition) is 1. The number of fused-ring (bicyclic) bond motifs is 1. The van der Waals surface area contributed by atoms with Crippen LogP contribution in [0.3, 0.4) is 0 Å². The summed E-state index contributed by atoms with van der Waals surface area (Å²) >= 11 is 1.66. The second kappa shape index (κ2) is 8.24. The van der Waals surface area contributed by atoms with Gasteiger partial charge in [-0.25, -0.2) is 4.98 Å². The van der Waals surface area contributed by atoms with Crippen LogP contribution in [0.25, 0.3) is 0 Å². The van der Waals surface area contributed by atoms with Crippen LogP contribution in [0.2, 0.25) is 0 Å². The average Bonchev–Trinajstić information content (AvgIpc) is 3.36. The first kappa shape index (κ1) is 18.8. The summed E-state index contributed by atoms with van der Waals surface area (Å²) in [4.78, 5) is 25.6. The van der Waals surface area contributed by atoms with E-state index < -0.39 is 0 Å². The predicted octanol–water partition coefficient (Wildman–Crippen LogP) is 3.34. The van der Waals surface area contributed by atoms with Crippen molar-refractivity contribution in [2.45, 2.75) is 45.4 Å². The van der Waals surface area contributed by atoms with E-state index in [1.165, 1.54) is 0 Å². The number of nitrogens with one attached hydrogen (secondary N) is 1. The van der Waals surface area contributed by atoms with Gasteiger partial charge in [0.1, 0.15) is 6.04 Å². The Labute approximate surface area is 169 Å². The second-order valence-corrected chi connectivity index (χ2v) is 8.39. The third-order valence-electron chi connectivity index (χ3n) is 5.10. The van der Waals surface area contributed by atoms with Crippen molar-refractivity contribution in [1.29, 1.82) is 0 Å². The summed E-state index contributed by atoms with van der Waals surface area (Å²) in [6, 6.07) is 7.95. The highest BCUT2D eigenvalue weighted by molar-refractivity contribution is 7.09. The Morgan fingerprint density at radius 3 is 2.96 bits per heavy atom. The van der Waals surface area contributed by atoms with E-state index >= 15 is 0 Å². The number of thiophene rings is 1. The first-order valence-electron chi connectivity index (χ1n) is 9.62. The van der Waals surface area contributed by atoms with Gasteiger partial charge in [-0.05, 0) is 36.9 Å². The van der Waals surface area contributed by atoms with Crippen molar-refractivity contribution in [3.8, 4) is 0 Å². The lowest BCUT2D eigenvalue weighted by Gasteiger charge is -2.35. The summed E-state index contributed by atoms with van der Waals surface area (Å²) in [6.07, 6.45) is 6.37. The highest BCUT2D eigenvalue weighted by Gasteiger charge is 2.36. The monoisotopic (exact) mass is 395 g/mol. The molecule has 1 aliphatic rings. The van der Waals surface area contributed by atoms with Crippen molar-refractivity contribution < 1.29 is 4.79 Å². The number of imidazole rings is 1. The van der Waals surface area contributed by atoms with Crippen LogP contribution in [0.1, 0.15) is 47.8 Å². The van der Waals surface area contributed by atoms with E-state index in [1.54, 1.807) is 17.5 Å². The van der Waals surface area contributed by atoms with Gasteiger partial charge in [0.15, 0.2) is 0 Å². The molecule has 28 heavy (non-hydrogen) atoms. The van der Waals surface area contributed by atoms with E-state index in [1.807, 2.05) is 36.1 Å². The molecule has 4 heterocycles. The van der Waals surface area contributed by atoms with Crippen molar-refractivity contribution in [3.63, 3.8) is 0 Å². The van der Waals surface area contributed by atoms with Crippen LogP contribution >= 0.6 is 11.3 Å². The quantitative estimate of drug-likeness (QED) is 0.695. The molecule has 3 aromatic rings. The van der Waals surface area contributed by atoms with Crippen LogP contribution in [0.15, 0.2) is 48.4 Å². The van der Waals surface area contributed by atoms with Crippen molar-refractivity contribution in [3.05, 3.63) is 70.2 Å². The maximum absolute atomic E-state index is 13.3. The Hall–Kier alpha value is -2.51. The number of amides is 1. The van der Waals surface area contributed by atoms with Crippen LogP contribution in [0.4, 0.5) is 0 Å². The smallest absolute Gasteiger partial charge is 0.243 e. The lowest BCUT2D eigenvalue weighted by molar-refractivity contribution is -0.127. The molecule has 0 saturated heterocycles. The molecule has 0 bridgehead atoms. The van der Waals surface area contributed by atoms with Gasteiger partial charge in [0.25, 0.3) is 0 Å². The summed E-state index contributed by atoms with van der Waals surface area (Å²) < 4.78 is 2.14. The van der Waals surface area contributed by atoms with Gasteiger partial charge in [0, 0.05) is 42.8 Å². The van der Waals surface area contributed by atoms with Gasteiger partial charge in [-0.2, -0.15) is 0 Å². The van der Waals surface area contributed by atoms with Crippen molar-refractivity contribution in [2.24, 2.45) is 0 Å². The Kier molecular flexibility index (Phi) is 5.54. The van der Waals surface area contributed by atoms with Gasteiger partial charge in [-0.15, -0.1) is 11.3 Å². The number of nitrogens with zero attached hydrogens (tertiary/aromatic N) is 4. The van der Waals surface area contributed by atoms with Gasteiger partial charge in [0.05, 0.1) is 24.3 Å². The van der Waals surface area contributed by atoms with E-state index in [0.29, 0.717) is 13.1 Å². The van der Waals surface area contributed by atoms with E-state index in [9.17, 15) is 4.79 Å². The summed E-state index contributed by atoms with van der Waals surface area (Å²) in [7, 11) is 0. The maximum Gasteiger partial charge on any atom is 0.243 e. The molecule has 0 aromatic carbocycles. The zero-order valence-electron chi connectivity index (χ0n) is 16.2. The van der Waals surface area contributed by atoms with E-state index in [-0.39, 0.29) is 18.0 Å². The molecule has 1 unspecified atom stereocenters. The molecule has 1 aliphatic heterocycles. The van der Waals surface area contributed by atoms with Gasteiger partial charge < -0.3 is 9.88 Å². The van der Waals surface area contributed by atoms with E-state index in [4.69, 9.17) is 0 Å². The highest BCUT2D eigenvalue weighted by atomic mass is 32.1. The zero-order valence-corrected chi connectivity index (χ0v) is 17.0. The minimum Gasteiger partial charge on any atom is -0.349 e. The molecule has 1 amide bonds. The summed E-state index contributed by atoms with van der Waals surface area (Å²) in [5.74, 6) is 0.0284. The molecule has 0 spiro atoms. The maximum atomic E-state index is 13.3. The summed E-state index contributed by atoms with van der Waals surface area (Å²) in [5, 5.41) is 5.17. The van der Waals surface area contributed by atoms with Crippen molar-refractivity contribution in [1.82, 2.24) is 24.8 Å². The molecule has 0 fully saturated rings. The standard InChI is InChI=1S/C21H25N5OS/c1-15(2)26-14-24-18-7-9-25(13-16-5-3-8-22-11-16)20(19(18)26)21(27)23-12-17-6-4-10-28-17/h3-6,8,10-11,14-15,20H,7,9,12-13H2,1-2H3,(H,23,27). The average molecular weight is 396 g/mol. The number of carbonyl (C=O) groups is 1. The lowest BCUT2D eigenvalue weighted by Crippen LogP contribution is -2.45. The van der Waals surface area contributed by atoms with Gasteiger partial charge in [-0.3, -0.25) is 14.7 Å². The van der Waals surface area contributed by atoms with E-state index in [0.717, 1.165) is 34.8 Å². The lowest BCUT2D eigenvalue weighted by atomic mass is 10.00. The normalized spacial score (nSPS) is 16.9. The third-order valence-corrected chi connectivity index (χ3v) is 5.98. The summed E-state index contributed by atoms with van der Waals surface area (Å²) in [6.45, 7) is 6.30. The van der Waals surface area contributed by atoms with Crippen LogP contribution in [-0.4, -0.2) is 31.9 Å². The number of carbonyl (C=O) groups excluding carboxylic acids is 1. The number of rotatable bonds is 6. The number of aromatic nitrogens is 3. The fourth-order valence-corrected chi connectivity index (χ4v) is 4.38. The topological polar surface area (TPSA) is 63.1 Å². The summed E-state index contributed by atoms with van der Waals surface area (Å²) in [5.41, 5.74) is 3.17. The van der Waals surface area contributed by atoms with Gasteiger partial charge >= 0.3 is 0 Å². The van der Waals surface area contributed by atoms with Gasteiger partial charge in [-0.1, -0.05) is 12.1 Å². The molecule has 7 heteroatoms. The molecular weight excluding hydrogens is 370 g/mol. The Morgan fingerprint density at radius 2 is 2.25 bits per heavy atom. The van der Waals surface area contributed by atoms with E-state index in [2.05, 4.69) is 44.7 Å². The predicted molar refractivity (Wildman–Crippen MR) is 110 cm³/mol. The molecule has 0 saturated carbocycles. The molecule has 146 valence electrons. The first-order chi connectivity index (χ1) is 13.6. The molecule has 3 aromatic heterocycles. The fourth-order valence-electron chi connectivity index (χ4n) is 3.73. The molecular formula is C21H25N5OS. The van der Waals surface area contributed by atoms with Crippen LogP contribution in [0.5, 0.6) is 0 Å². The number of pyridine rings is 1. The minimum atomic E-state index is -0.353.